The van der Waals surface area contributed by atoms with E-state index in [0.29, 0.717) is 12.5 Å². The number of rotatable bonds is 4. The first-order valence-electron chi connectivity index (χ1n) is 3.59. The molecular formula is C8H16O2. The van der Waals surface area contributed by atoms with Gasteiger partial charge in [-0.3, -0.25) is 4.79 Å². The minimum absolute atomic E-state index is 0.125. The molecule has 0 rings (SSSR count). The highest BCUT2D eigenvalue weighted by Gasteiger charge is 2.15. The van der Waals surface area contributed by atoms with Crippen LogP contribution in [-0.4, -0.2) is 19.5 Å². The third kappa shape index (κ3) is 2.97. The van der Waals surface area contributed by atoms with E-state index in [4.69, 9.17) is 4.74 Å². The van der Waals surface area contributed by atoms with Crippen molar-refractivity contribution in [1.29, 1.82) is 0 Å². The van der Waals surface area contributed by atoms with E-state index in [-0.39, 0.29) is 11.7 Å². The van der Waals surface area contributed by atoms with E-state index in [0.717, 1.165) is 0 Å². The Kier molecular flexibility index (Phi) is 4.28. The van der Waals surface area contributed by atoms with Crippen molar-refractivity contribution in [2.24, 2.45) is 11.8 Å². The first kappa shape index (κ1) is 9.63. The Morgan fingerprint density at radius 1 is 1.50 bits per heavy atom. The van der Waals surface area contributed by atoms with Crippen LogP contribution in [0.15, 0.2) is 0 Å². The summed E-state index contributed by atoms with van der Waals surface area (Å²) in [7, 11) is 1.66. The molecule has 0 aliphatic carbocycles. The minimum atomic E-state index is 0.125. The van der Waals surface area contributed by atoms with Gasteiger partial charge in [0.05, 0.1) is 0 Å². The Morgan fingerprint density at radius 3 is 2.30 bits per heavy atom. The number of methoxy groups -OCH3 is 1. The monoisotopic (exact) mass is 144 g/mol. The highest BCUT2D eigenvalue weighted by Crippen LogP contribution is 2.11. The van der Waals surface area contributed by atoms with Crippen molar-refractivity contribution in [3.05, 3.63) is 0 Å². The summed E-state index contributed by atoms with van der Waals surface area (Å²) in [6, 6.07) is 0. The number of ketones is 1. The molecule has 0 aromatic carbocycles. The van der Waals surface area contributed by atoms with Gasteiger partial charge in [0.1, 0.15) is 5.78 Å². The molecule has 0 amide bonds. The fourth-order valence-electron chi connectivity index (χ4n) is 0.808. The second-order valence-electron chi connectivity index (χ2n) is 2.83. The first-order valence-corrected chi connectivity index (χ1v) is 3.59. The van der Waals surface area contributed by atoms with E-state index in [1.807, 2.05) is 13.8 Å². The molecule has 0 aromatic rings. The molecule has 0 saturated carbocycles. The molecule has 0 saturated heterocycles. The maximum Gasteiger partial charge on any atom is 0.132 e. The molecule has 2 atom stereocenters. The van der Waals surface area contributed by atoms with Gasteiger partial charge in [-0.05, 0) is 12.8 Å². The third-order valence-electron chi connectivity index (χ3n) is 1.92. The van der Waals surface area contributed by atoms with Crippen LogP contribution in [0.4, 0.5) is 0 Å². The summed E-state index contributed by atoms with van der Waals surface area (Å²) in [4.78, 5) is 10.8. The second-order valence-corrected chi connectivity index (χ2v) is 2.83. The van der Waals surface area contributed by atoms with Crippen molar-refractivity contribution in [3.63, 3.8) is 0 Å². The van der Waals surface area contributed by atoms with Crippen LogP contribution in [0.5, 0.6) is 0 Å². The van der Waals surface area contributed by atoms with Gasteiger partial charge >= 0.3 is 0 Å². The van der Waals surface area contributed by atoms with Crippen LogP contribution in [0.25, 0.3) is 0 Å². The molecule has 0 fully saturated rings. The van der Waals surface area contributed by atoms with Gasteiger partial charge in [0, 0.05) is 19.6 Å². The number of carbonyl (C=O) groups is 1. The number of hydrogen-bond acceptors (Lipinski definition) is 2. The van der Waals surface area contributed by atoms with E-state index in [2.05, 4.69) is 0 Å². The van der Waals surface area contributed by atoms with Gasteiger partial charge in [0.25, 0.3) is 0 Å². The molecule has 0 N–H and O–H groups in total. The molecule has 2 heteroatoms. The zero-order valence-electron chi connectivity index (χ0n) is 7.18. The summed E-state index contributed by atoms with van der Waals surface area (Å²) in [6.45, 7) is 6.25. The lowest BCUT2D eigenvalue weighted by Gasteiger charge is -2.15. The standard InChI is InChI=1S/C8H16O2/c1-6(5-10-4)7(2)8(3)9/h6-7H,5H2,1-4H3/t6-,7-/m1/s1. The third-order valence-corrected chi connectivity index (χ3v) is 1.92. The van der Waals surface area contributed by atoms with Crippen molar-refractivity contribution in [2.45, 2.75) is 20.8 Å². The van der Waals surface area contributed by atoms with Crippen LogP contribution in [0.3, 0.4) is 0 Å². The van der Waals surface area contributed by atoms with Crippen LogP contribution >= 0.6 is 0 Å². The van der Waals surface area contributed by atoms with E-state index in [9.17, 15) is 4.79 Å². The first-order chi connectivity index (χ1) is 4.59. The molecule has 2 nitrogen and oxygen atoms in total. The minimum Gasteiger partial charge on any atom is -0.384 e. The zero-order chi connectivity index (χ0) is 8.15. The van der Waals surface area contributed by atoms with Crippen molar-refractivity contribution in [2.75, 3.05) is 13.7 Å². The summed E-state index contributed by atoms with van der Waals surface area (Å²) in [5, 5.41) is 0. The van der Waals surface area contributed by atoms with Crippen molar-refractivity contribution in [1.82, 2.24) is 0 Å². The van der Waals surface area contributed by atoms with E-state index in [1.165, 1.54) is 0 Å². The molecule has 0 bridgehead atoms. The molecule has 0 aromatic heterocycles. The lowest BCUT2D eigenvalue weighted by atomic mass is 9.93. The Labute approximate surface area is 62.6 Å². The predicted octanol–water partition coefficient (Wildman–Crippen LogP) is 1.49. The zero-order valence-corrected chi connectivity index (χ0v) is 7.18. The second kappa shape index (κ2) is 4.45. The Bertz CT molecular complexity index is 110. The Balaban J connectivity index is 3.69. The maximum atomic E-state index is 10.8. The average Bonchev–Trinajstić information content (AvgIpc) is 1.87. The SMILES string of the molecule is COC[C@@H](C)[C@@H](C)C(C)=O. The number of Topliss-reactive ketones (excluding diaryl/α,β-unsaturated/α-hetero) is 1. The van der Waals surface area contributed by atoms with Gasteiger partial charge in [0.15, 0.2) is 0 Å². The fraction of sp³-hybridized carbons (Fsp3) is 0.875. The van der Waals surface area contributed by atoms with Crippen LogP contribution in [0.1, 0.15) is 20.8 Å². The molecule has 0 aliphatic heterocycles. The van der Waals surface area contributed by atoms with Gasteiger partial charge in [-0.1, -0.05) is 13.8 Å². The summed E-state index contributed by atoms with van der Waals surface area (Å²) in [5.74, 6) is 0.701. The summed E-state index contributed by atoms with van der Waals surface area (Å²) >= 11 is 0. The molecular weight excluding hydrogens is 128 g/mol. The number of carbonyl (C=O) groups excluding carboxylic acids is 1. The maximum absolute atomic E-state index is 10.8. The van der Waals surface area contributed by atoms with E-state index >= 15 is 0 Å². The highest BCUT2D eigenvalue weighted by atomic mass is 16.5. The fourth-order valence-corrected chi connectivity index (χ4v) is 0.808. The van der Waals surface area contributed by atoms with Crippen molar-refractivity contribution >= 4 is 5.78 Å². The quantitative estimate of drug-likeness (QED) is 0.597. The summed E-state index contributed by atoms with van der Waals surface area (Å²) in [6.07, 6.45) is 0. The topological polar surface area (TPSA) is 26.3 Å². The smallest absolute Gasteiger partial charge is 0.132 e. The molecule has 10 heavy (non-hydrogen) atoms. The van der Waals surface area contributed by atoms with Gasteiger partial charge in [-0.25, -0.2) is 0 Å². The van der Waals surface area contributed by atoms with Crippen LogP contribution in [0.2, 0.25) is 0 Å². The molecule has 60 valence electrons. The lowest BCUT2D eigenvalue weighted by molar-refractivity contribution is -0.122. The lowest BCUT2D eigenvalue weighted by Crippen LogP contribution is -2.19. The summed E-state index contributed by atoms with van der Waals surface area (Å²) < 4.78 is 4.92. The van der Waals surface area contributed by atoms with E-state index < -0.39 is 0 Å². The molecule has 0 unspecified atom stereocenters. The van der Waals surface area contributed by atoms with Crippen LogP contribution in [-0.2, 0) is 9.53 Å². The molecule has 0 aliphatic rings. The molecule has 0 spiro atoms. The molecule has 0 heterocycles. The Hall–Kier alpha value is -0.370. The van der Waals surface area contributed by atoms with Gasteiger partial charge in [0.2, 0.25) is 0 Å². The van der Waals surface area contributed by atoms with Crippen molar-refractivity contribution < 1.29 is 9.53 Å². The normalized spacial score (nSPS) is 16.4. The van der Waals surface area contributed by atoms with Gasteiger partial charge in [-0.15, -0.1) is 0 Å². The van der Waals surface area contributed by atoms with Gasteiger partial charge < -0.3 is 4.74 Å². The Morgan fingerprint density at radius 2 is 2.00 bits per heavy atom. The average molecular weight is 144 g/mol. The number of ether oxygens (including phenoxy) is 1. The van der Waals surface area contributed by atoms with E-state index in [1.54, 1.807) is 14.0 Å². The summed E-state index contributed by atoms with van der Waals surface area (Å²) in [5.41, 5.74) is 0. The molecule has 0 radical (unpaired) electrons. The highest BCUT2D eigenvalue weighted by molar-refractivity contribution is 5.78. The van der Waals surface area contributed by atoms with Gasteiger partial charge in [-0.2, -0.15) is 0 Å². The largest absolute Gasteiger partial charge is 0.384 e. The van der Waals surface area contributed by atoms with Crippen molar-refractivity contribution in [3.8, 4) is 0 Å². The number of hydrogen-bond donors (Lipinski definition) is 0. The van der Waals surface area contributed by atoms with Crippen LogP contribution in [0, 0.1) is 11.8 Å². The van der Waals surface area contributed by atoms with Crippen LogP contribution < -0.4 is 0 Å². The predicted molar refractivity (Wildman–Crippen MR) is 40.9 cm³/mol.